The van der Waals surface area contributed by atoms with E-state index in [9.17, 15) is 9.90 Å². The first kappa shape index (κ1) is 11.3. The van der Waals surface area contributed by atoms with Gasteiger partial charge in [-0.3, -0.25) is 0 Å². The summed E-state index contributed by atoms with van der Waals surface area (Å²) in [7, 11) is 0. The van der Waals surface area contributed by atoms with Crippen LogP contribution in [0.2, 0.25) is 0 Å². The number of hydrogen-bond donors (Lipinski definition) is 3. The van der Waals surface area contributed by atoms with Gasteiger partial charge < -0.3 is 15.5 Å². The third-order valence-electron chi connectivity index (χ3n) is 1.84. The second-order valence-electron chi connectivity index (χ2n) is 3.01. The van der Waals surface area contributed by atoms with Crippen molar-refractivity contribution in [2.45, 2.75) is 6.10 Å². The van der Waals surface area contributed by atoms with Crippen molar-refractivity contribution in [3.63, 3.8) is 0 Å². The maximum atomic E-state index is 10.1. The van der Waals surface area contributed by atoms with Crippen molar-refractivity contribution in [2.24, 2.45) is 0 Å². The first-order valence-electron chi connectivity index (χ1n) is 4.56. The van der Waals surface area contributed by atoms with Gasteiger partial charge in [-0.15, -0.1) is 0 Å². The van der Waals surface area contributed by atoms with E-state index in [1.54, 1.807) is 0 Å². The van der Waals surface area contributed by atoms with Gasteiger partial charge in [0.05, 0.1) is 6.10 Å². The molecule has 0 radical (unpaired) electrons. The summed E-state index contributed by atoms with van der Waals surface area (Å²) in [5.74, 6) is -1.02. The molecule has 0 aliphatic rings. The maximum Gasteiger partial charge on any atom is 0.329 e. The largest absolute Gasteiger partial charge is 0.478 e. The number of aliphatic hydroxyl groups is 1. The van der Waals surface area contributed by atoms with E-state index < -0.39 is 12.1 Å². The zero-order valence-electron chi connectivity index (χ0n) is 8.13. The summed E-state index contributed by atoms with van der Waals surface area (Å²) in [6.07, 6.45) is 1.65. The average molecular weight is 207 g/mol. The van der Waals surface area contributed by atoms with Gasteiger partial charge in [0.25, 0.3) is 0 Å². The Morgan fingerprint density at radius 3 is 2.67 bits per heavy atom. The van der Waals surface area contributed by atoms with E-state index in [-0.39, 0.29) is 6.54 Å². The number of carboxylic acids is 1. The van der Waals surface area contributed by atoms with Crippen LogP contribution in [-0.2, 0) is 4.79 Å². The van der Waals surface area contributed by atoms with Crippen molar-refractivity contribution >= 4 is 5.97 Å². The summed E-state index contributed by atoms with van der Waals surface area (Å²) >= 11 is 0. The van der Waals surface area contributed by atoms with Gasteiger partial charge in [0.15, 0.2) is 0 Å². The van der Waals surface area contributed by atoms with E-state index in [2.05, 4.69) is 5.32 Å². The molecule has 0 fully saturated rings. The highest BCUT2D eigenvalue weighted by Crippen LogP contribution is 2.10. The zero-order chi connectivity index (χ0) is 11.1. The van der Waals surface area contributed by atoms with Gasteiger partial charge in [0, 0.05) is 18.8 Å². The van der Waals surface area contributed by atoms with Crippen LogP contribution in [0.3, 0.4) is 0 Å². The van der Waals surface area contributed by atoms with Crippen molar-refractivity contribution in [3.05, 3.63) is 48.2 Å². The number of hydrogen-bond acceptors (Lipinski definition) is 3. The van der Waals surface area contributed by atoms with E-state index in [0.29, 0.717) is 0 Å². The fourth-order valence-electron chi connectivity index (χ4n) is 1.10. The minimum atomic E-state index is -1.02. The second kappa shape index (κ2) is 5.82. The molecule has 0 heterocycles. The predicted molar refractivity (Wildman–Crippen MR) is 56.2 cm³/mol. The molecule has 1 rings (SSSR count). The Balaban J connectivity index is 2.37. The molecule has 0 aliphatic carbocycles. The van der Waals surface area contributed by atoms with Crippen molar-refractivity contribution in [1.29, 1.82) is 0 Å². The van der Waals surface area contributed by atoms with E-state index in [1.165, 1.54) is 6.20 Å². The molecule has 0 saturated carbocycles. The maximum absolute atomic E-state index is 10.1. The van der Waals surface area contributed by atoms with E-state index >= 15 is 0 Å². The van der Waals surface area contributed by atoms with Crippen molar-refractivity contribution in [3.8, 4) is 0 Å². The van der Waals surface area contributed by atoms with Gasteiger partial charge in [-0.1, -0.05) is 30.3 Å². The zero-order valence-corrected chi connectivity index (χ0v) is 8.13. The third kappa shape index (κ3) is 4.28. The molecule has 80 valence electrons. The lowest BCUT2D eigenvalue weighted by Gasteiger charge is -2.10. The van der Waals surface area contributed by atoms with Crippen LogP contribution in [0.25, 0.3) is 0 Å². The molecule has 4 nitrogen and oxygen atoms in total. The molecule has 1 unspecified atom stereocenters. The monoisotopic (exact) mass is 207 g/mol. The van der Waals surface area contributed by atoms with Gasteiger partial charge in [-0.25, -0.2) is 4.79 Å². The lowest BCUT2D eigenvalue weighted by atomic mass is 10.1. The number of benzene rings is 1. The Hall–Kier alpha value is -1.81. The molecule has 0 amide bonds. The quantitative estimate of drug-likeness (QED) is 0.628. The van der Waals surface area contributed by atoms with Crippen molar-refractivity contribution in [1.82, 2.24) is 5.32 Å². The molecule has 0 aromatic heterocycles. The summed E-state index contributed by atoms with van der Waals surface area (Å²) in [6, 6.07) is 9.17. The molecule has 4 heteroatoms. The normalized spacial score (nSPS) is 12.6. The van der Waals surface area contributed by atoms with Crippen LogP contribution in [0.5, 0.6) is 0 Å². The molecule has 0 spiro atoms. The molecule has 1 aromatic rings. The third-order valence-corrected chi connectivity index (χ3v) is 1.84. The SMILES string of the molecule is O=C(O)/C=C/NCC(O)c1ccccc1. The average Bonchev–Trinajstić information content (AvgIpc) is 2.25. The summed E-state index contributed by atoms with van der Waals surface area (Å²) in [5, 5.41) is 20.7. The lowest BCUT2D eigenvalue weighted by Crippen LogP contribution is -2.16. The molecule has 0 bridgehead atoms. The van der Waals surface area contributed by atoms with E-state index in [1.807, 2.05) is 30.3 Å². The van der Waals surface area contributed by atoms with E-state index in [0.717, 1.165) is 11.6 Å². The highest BCUT2D eigenvalue weighted by atomic mass is 16.4. The number of carbonyl (C=O) groups is 1. The standard InChI is InChI=1S/C11H13NO3/c13-10(8-12-7-6-11(14)15)9-4-2-1-3-5-9/h1-7,10,12-13H,8H2,(H,14,15)/b7-6+. The van der Waals surface area contributed by atoms with Gasteiger partial charge in [0.2, 0.25) is 0 Å². The smallest absolute Gasteiger partial charge is 0.329 e. The Morgan fingerprint density at radius 1 is 1.40 bits per heavy atom. The van der Waals surface area contributed by atoms with Gasteiger partial charge in [-0.2, -0.15) is 0 Å². The second-order valence-corrected chi connectivity index (χ2v) is 3.01. The van der Waals surface area contributed by atoms with Gasteiger partial charge in [-0.05, 0) is 5.56 Å². The molecule has 1 aromatic carbocycles. The minimum absolute atomic E-state index is 0.286. The number of aliphatic carboxylic acids is 1. The van der Waals surface area contributed by atoms with Gasteiger partial charge >= 0.3 is 5.97 Å². The van der Waals surface area contributed by atoms with Gasteiger partial charge in [0.1, 0.15) is 0 Å². The summed E-state index contributed by atoms with van der Waals surface area (Å²) < 4.78 is 0. The van der Waals surface area contributed by atoms with Crippen molar-refractivity contribution < 1.29 is 15.0 Å². The number of carboxylic acid groups (broad SMARTS) is 1. The van der Waals surface area contributed by atoms with Crippen LogP contribution in [-0.4, -0.2) is 22.7 Å². The van der Waals surface area contributed by atoms with Crippen LogP contribution in [0.4, 0.5) is 0 Å². The van der Waals surface area contributed by atoms with Crippen LogP contribution in [0.1, 0.15) is 11.7 Å². The molecular weight excluding hydrogens is 194 g/mol. The van der Waals surface area contributed by atoms with Crippen LogP contribution in [0.15, 0.2) is 42.6 Å². The Morgan fingerprint density at radius 2 is 2.07 bits per heavy atom. The van der Waals surface area contributed by atoms with Crippen LogP contribution < -0.4 is 5.32 Å². The first-order chi connectivity index (χ1) is 7.20. The molecule has 0 saturated heterocycles. The first-order valence-corrected chi connectivity index (χ1v) is 4.56. The molecule has 1 atom stereocenters. The van der Waals surface area contributed by atoms with Crippen LogP contribution >= 0.6 is 0 Å². The molecule has 15 heavy (non-hydrogen) atoms. The number of nitrogens with one attached hydrogen (secondary N) is 1. The molecule has 3 N–H and O–H groups in total. The predicted octanol–water partition coefficient (Wildman–Crippen LogP) is 0.908. The highest BCUT2D eigenvalue weighted by Gasteiger charge is 2.04. The molecule has 0 aliphatic heterocycles. The highest BCUT2D eigenvalue weighted by molar-refractivity contribution is 5.79. The van der Waals surface area contributed by atoms with Crippen molar-refractivity contribution in [2.75, 3.05) is 6.54 Å². The summed E-state index contributed by atoms with van der Waals surface area (Å²) in [4.78, 5) is 10.1. The minimum Gasteiger partial charge on any atom is -0.478 e. The number of rotatable bonds is 5. The molecular formula is C11H13NO3. The summed E-state index contributed by atoms with van der Waals surface area (Å²) in [5.41, 5.74) is 0.800. The Bertz CT molecular complexity index is 335. The lowest BCUT2D eigenvalue weighted by molar-refractivity contribution is -0.131. The Labute approximate surface area is 87.9 Å². The fraction of sp³-hybridized carbons (Fsp3) is 0.182. The number of aliphatic hydroxyl groups excluding tert-OH is 1. The van der Waals surface area contributed by atoms with E-state index in [4.69, 9.17) is 5.11 Å². The Kier molecular flexibility index (Phi) is 4.37. The fourth-order valence-corrected chi connectivity index (χ4v) is 1.10. The summed E-state index contributed by atoms with van der Waals surface area (Å²) in [6.45, 7) is 0.286. The topological polar surface area (TPSA) is 69.6 Å². The van der Waals surface area contributed by atoms with Crippen LogP contribution in [0, 0.1) is 0 Å².